The predicted octanol–water partition coefficient (Wildman–Crippen LogP) is 2.28. The number of ether oxygens (including phenoxy) is 1. The van der Waals surface area contributed by atoms with E-state index in [2.05, 4.69) is 24.1 Å². The third kappa shape index (κ3) is 4.63. The van der Waals surface area contributed by atoms with Crippen LogP contribution in [-0.4, -0.2) is 39.4 Å². The molecule has 0 amide bonds. The van der Waals surface area contributed by atoms with Gasteiger partial charge in [-0.3, -0.25) is 0 Å². The maximum atomic E-state index is 13.2. The van der Waals surface area contributed by atoms with Crippen molar-refractivity contribution in [3.63, 3.8) is 0 Å². The van der Waals surface area contributed by atoms with Crippen LogP contribution in [0.25, 0.3) is 0 Å². The first-order chi connectivity index (χ1) is 8.71. The summed E-state index contributed by atoms with van der Waals surface area (Å²) >= 11 is 0. The molecule has 0 aromatic heterocycles. The largest absolute Gasteiger partial charge is 0.383 e. The highest BCUT2D eigenvalue weighted by Crippen LogP contribution is 2.15. The zero-order chi connectivity index (χ0) is 13.4. The Hall–Kier alpha value is -1.13. The Balaban J connectivity index is 2.70. The van der Waals surface area contributed by atoms with Gasteiger partial charge in [-0.05, 0) is 31.7 Å². The summed E-state index contributed by atoms with van der Waals surface area (Å²) in [7, 11) is 1.70. The molecule has 0 aliphatic heterocycles. The molecule has 102 valence electrons. The van der Waals surface area contributed by atoms with E-state index in [-0.39, 0.29) is 11.9 Å². The van der Waals surface area contributed by atoms with Gasteiger partial charge in [-0.2, -0.15) is 0 Å². The molecule has 0 saturated carbocycles. The molecule has 0 bridgehead atoms. The monoisotopic (exact) mass is 254 g/mol. The van der Waals surface area contributed by atoms with E-state index >= 15 is 0 Å². The lowest BCUT2D eigenvalue weighted by atomic mass is 10.2. The zero-order valence-corrected chi connectivity index (χ0v) is 11.4. The van der Waals surface area contributed by atoms with Crippen molar-refractivity contribution < 1.29 is 9.13 Å². The zero-order valence-electron chi connectivity index (χ0n) is 11.4. The van der Waals surface area contributed by atoms with Crippen molar-refractivity contribution in [1.29, 1.82) is 0 Å². The van der Waals surface area contributed by atoms with E-state index in [0.29, 0.717) is 6.61 Å². The second-order valence-electron chi connectivity index (χ2n) is 4.23. The van der Waals surface area contributed by atoms with E-state index < -0.39 is 0 Å². The van der Waals surface area contributed by atoms with Gasteiger partial charge in [-0.1, -0.05) is 13.0 Å². The molecule has 1 N–H and O–H groups in total. The van der Waals surface area contributed by atoms with Gasteiger partial charge in [-0.25, -0.2) is 4.39 Å². The number of halogens is 1. The second-order valence-corrected chi connectivity index (χ2v) is 4.23. The summed E-state index contributed by atoms with van der Waals surface area (Å²) in [5.74, 6) is -0.197. The van der Waals surface area contributed by atoms with E-state index in [1.807, 2.05) is 6.07 Å². The molecule has 0 saturated heterocycles. The fourth-order valence-electron chi connectivity index (χ4n) is 2.02. The summed E-state index contributed by atoms with van der Waals surface area (Å²) in [6, 6.07) is 6.96. The molecule has 1 unspecified atom stereocenters. The Labute approximate surface area is 109 Å². The summed E-state index contributed by atoms with van der Waals surface area (Å²) in [5, 5.41) is 3.37. The molecule has 0 aliphatic carbocycles. The SMILES string of the molecule is CCNC(COC)CN(CC)c1cccc(F)c1. The highest BCUT2D eigenvalue weighted by Gasteiger charge is 2.13. The molecular formula is C14H23FN2O. The number of nitrogens with one attached hydrogen (secondary N) is 1. The van der Waals surface area contributed by atoms with Crippen LogP contribution in [0.3, 0.4) is 0 Å². The number of methoxy groups -OCH3 is 1. The van der Waals surface area contributed by atoms with Crippen molar-refractivity contribution in [2.24, 2.45) is 0 Å². The highest BCUT2D eigenvalue weighted by atomic mass is 19.1. The molecule has 1 rings (SSSR count). The van der Waals surface area contributed by atoms with E-state index in [4.69, 9.17) is 4.74 Å². The normalized spacial score (nSPS) is 12.4. The van der Waals surface area contributed by atoms with Crippen LogP contribution in [0.1, 0.15) is 13.8 Å². The van der Waals surface area contributed by atoms with Crippen molar-refractivity contribution in [1.82, 2.24) is 5.32 Å². The van der Waals surface area contributed by atoms with Crippen LogP contribution in [0.5, 0.6) is 0 Å². The van der Waals surface area contributed by atoms with Crippen molar-refractivity contribution in [3.05, 3.63) is 30.1 Å². The van der Waals surface area contributed by atoms with Crippen LogP contribution in [0.2, 0.25) is 0 Å². The molecule has 18 heavy (non-hydrogen) atoms. The van der Waals surface area contributed by atoms with Gasteiger partial charge in [0.2, 0.25) is 0 Å². The molecule has 0 radical (unpaired) electrons. The summed E-state index contributed by atoms with van der Waals surface area (Å²) in [5.41, 5.74) is 0.913. The first-order valence-electron chi connectivity index (χ1n) is 6.44. The van der Waals surface area contributed by atoms with Gasteiger partial charge < -0.3 is 15.0 Å². The van der Waals surface area contributed by atoms with Crippen molar-refractivity contribution in [2.75, 3.05) is 38.3 Å². The summed E-state index contributed by atoms with van der Waals surface area (Å²) in [6.07, 6.45) is 0. The summed E-state index contributed by atoms with van der Waals surface area (Å²) in [6.45, 7) is 7.34. The van der Waals surface area contributed by atoms with Crippen LogP contribution < -0.4 is 10.2 Å². The van der Waals surface area contributed by atoms with Crippen molar-refractivity contribution >= 4 is 5.69 Å². The van der Waals surface area contributed by atoms with Gasteiger partial charge in [-0.15, -0.1) is 0 Å². The molecular weight excluding hydrogens is 231 g/mol. The Morgan fingerprint density at radius 1 is 1.39 bits per heavy atom. The van der Waals surface area contributed by atoms with E-state index in [0.717, 1.165) is 25.3 Å². The van der Waals surface area contributed by atoms with Gasteiger partial charge in [0.1, 0.15) is 5.82 Å². The molecule has 0 heterocycles. The standard InChI is InChI=1S/C14H23FN2O/c1-4-16-13(11-18-3)10-17(5-2)14-8-6-7-12(15)9-14/h6-9,13,16H,4-5,10-11H2,1-3H3. The number of nitrogens with zero attached hydrogens (tertiary/aromatic N) is 1. The smallest absolute Gasteiger partial charge is 0.125 e. The minimum absolute atomic E-state index is 0.197. The third-order valence-corrected chi connectivity index (χ3v) is 2.86. The molecule has 1 aromatic carbocycles. The summed E-state index contributed by atoms with van der Waals surface area (Å²) < 4.78 is 18.4. The minimum atomic E-state index is -0.197. The van der Waals surface area contributed by atoms with Crippen LogP contribution in [0, 0.1) is 5.82 Å². The number of benzene rings is 1. The average Bonchev–Trinajstić information content (AvgIpc) is 2.36. The molecule has 0 spiro atoms. The number of anilines is 1. The Morgan fingerprint density at radius 3 is 2.72 bits per heavy atom. The van der Waals surface area contributed by atoms with E-state index in [9.17, 15) is 4.39 Å². The predicted molar refractivity (Wildman–Crippen MR) is 73.6 cm³/mol. The molecule has 3 nitrogen and oxygen atoms in total. The van der Waals surface area contributed by atoms with Gasteiger partial charge in [0, 0.05) is 31.9 Å². The topological polar surface area (TPSA) is 24.5 Å². The quantitative estimate of drug-likeness (QED) is 0.770. The van der Waals surface area contributed by atoms with Gasteiger partial charge in [0.05, 0.1) is 6.61 Å². The maximum Gasteiger partial charge on any atom is 0.125 e. The summed E-state index contributed by atoms with van der Waals surface area (Å²) in [4.78, 5) is 2.15. The van der Waals surface area contributed by atoms with E-state index in [1.165, 1.54) is 6.07 Å². The van der Waals surface area contributed by atoms with Gasteiger partial charge in [0.15, 0.2) is 0 Å². The lowest BCUT2D eigenvalue weighted by molar-refractivity contribution is 0.168. The third-order valence-electron chi connectivity index (χ3n) is 2.86. The molecule has 4 heteroatoms. The van der Waals surface area contributed by atoms with Crippen LogP contribution in [-0.2, 0) is 4.74 Å². The van der Waals surface area contributed by atoms with Crippen LogP contribution in [0.15, 0.2) is 24.3 Å². The second kappa shape index (κ2) is 8.06. The number of hydrogen-bond acceptors (Lipinski definition) is 3. The number of hydrogen-bond donors (Lipinski definition) is 1. The average molecular weight is 254 g/mol. The first kappa shape index (κ1) is 14.9. The number of likely N-dealkylation sites (N-methyl/N-ethyl adjacent to an activating group) is 2. The fourth-order valence-corrected chi connectivity index (χ4v) is 2.02. The molecule has 0 fully saturated rings. The van der Waals surface area contributed by atoms with E-state index in [1.54, 1.807) is 19.2 Å². The van der Waals surface area contributed by atoms with Crippen molar-refractivity contribution in [3.8, 4) is 0 Å². The highest BCUT2D eigenvalue weighted by molar-refractivity contribution is 5.46. The maximum absolute atomic E-state index is 13.2. The number of rotatable bonds is 8. The Bertz CT molecular complexity index is 340. The lowest BCUT2D eigenvalue weighted by Crippen LogP contribution is -2.43. The molecule has 0 aliphatic rings. The van der Waals surface area contributed by atoms with Crippen molar-refractivity contribution in [2.45, 2.75) is 19.9 Å². The lowest BCUT2D eigenvalue weighted by Gasteiger charge is -2.28. The molecule has 1 aromatic rings. The minimum Gasteiger partial charge on any atom is -0.383 e. The fraction of sp³-hybridized carbons (Fsp3) is 0.571. The molecule has 1 atom stereocenters. The first-order valence-corrected chi connectivity index (χ1v) is 6.44. The van der Waals surface area contributed by atoms with Gasteiger partial charge in [0.25, 0.3) is 0 Å². The van der Waals surface area contributed by atoms with Gasteiger partial charge >= 0.3 is 0 Å². The van der Waals surface area contributed by atoms with Crippen LogP contribution >= 0.6 is 0 Å². The Kier molecular flexibility index (Phi) is 6.68. The van der Waals surface area contributed by atoms with Crippen LogP contribution in [0.4, 0.5) is 10.1 Å². The Morgan fingerprint density at radius 2 is 2.17 bits per heavy atom.